The number of hydrogen-bond donors (Lipinski definition) is 1. The molecule has 6 heteroatoms. The molecule has 0 aromatic heterocycles. The van der Waals surface area contributed by atoms with Gasteiger partial charge in [-0.1, -0.05) is 0 Å². The van der Waals surface area contributed by atoms with Gasteiger partial charge in [0.05, 0.1) is 24.8 Å². The van der Waals surface area contributed by atoms with Crippen LogP contribution in [0.15, 0.2) is 12.1 Å². The second kappa shape index (κ2) is 4.98. The summed E-state index contributed by atoms with van der Waals surface area (Å²) >= 11 is 0. The maximum atomic E-state index is 13.0. The Kier molecular flexibility index (Phi) is 3.89. The maximum Gasteiger partial charge on any atom is 0.267 e. The topological polar surface area (TPSA) is 52.3 Å². The summed E-state index contributed by atoms with van der Waals surface area (Å²) in [5.74, 6) is -1.90. The van der Waals surface area contributed by atoms with Crippen LogP contribution >= 0.6 is 0 Å². The molecule has 1 aromatic rings. The summed E-state index contributed by atoms with van der Waals surface area (Å²) in [6.07, 6.45) is -2.92. The van der Waals surface area contributed by atoms with Crippen molar-refractivity contribution >= 4 is 5.78 Å². The smallest absolute Gasteiger partial charge is 0.267 e. The molecular formula is C10H10F3NO2. The largest absolute Gasteiger partial charge is 0.495 e. The summed E-state index contributed by atoms with van der Waals surface area (Å²) in [4.78, 5) is 11.3. The van der Waals surface area contributed by atoms with E-state index in [4.69, 9.17) is 10.5 Å². The molecule has 0 unspecified atom stereocenters. The number of rotatable bonds is 4. The first kappa shape index (κ1) is 12.5. The number of ether oxygens (including phenoxy) is 1. The molecule has 0 heterocycles. The number of nitrogens with two attached hydrogens (primary N) is 1. The van der Waals surface area contributed by atoms with Crippen LogP contribution in [-0.2, 0) is 0 Å². The molecule has 0 atom stereocenters. The lowest BCUT2D eigenvalue weighted by Crippen LogP contribution is -2.15. The average Bonchev–Trinajstić information content (AvgIpc) is 2.26. The molecule has 0 saturated carbocycles. The first-order valence-electron chi connectivity index (χ1n) is 4.40. The van der Waals surface area contributed by atoms with Crippen LogP contribution < -0.4 is 10.5 Å². The molecule has 0 aliphatic heterocycles. The first-order chi connectivity index (χ1) is 7.51. The zero-order valence-corrected chi connectivity index (χ0v) is 8.47. The molecule has 1 rings (SSSR count). The van der Waals surface area contributed by atoms with Crippen LogP contribution in [-0.4, -0.2) is 19.4 Å². The number of carbonyl (C=O) groups excluding carboxylic acids is 1. The van der Waals surface area contributed by atoms with E-state index in [1.807, 2.05) is 0 Å². The summed E-state index contributed by atoms with van der Waals surface area (Å²) in [5, 5.41) is 0. The van der Waals surface area contributed by atoms with Crippen LogP contribution in [0.1, 0.15) is 22.3 Å². The highest BCUT2D eigenvalue weighted by atomic mass is 19.3. The normalized spacial score (nSPS) is 10.6. The molecule has 0 fully saturated rings. The van der Waals surface area contributed by atoms with Crippen molar-refractivity contribution in [3.05, 3.63) is 29.1 Å². The van der Waals surface area contributed by atoms with Gasteiger partial charge in [-0.2, -0.15) is 0 Å². The van der Waals surface area contributed by atoms with E-state index >= 15 is 0 Å². The lowest BCUT2D eigenvalue weighted by atomic mass is 10.0. The molecule has 3 nitrogen and oxygen atoms in total. The van der Waals surface area contributed by atoms with Crippen molar-refractivity contribution in [2.45, 2.75) is 6.43 Å². The van der Waals surface area contributed by atoms with E-state index in [1.54, 1.807) is 0 Å². The van der Waals surface area contributed by atoms with E-state index < -0.39 is 30.1 Å². The fourth-order valence-electron chi connectivity index (χ4n) is 1.32. The molecule has 0 aliphatic carbocycles. The van der Waals surface area contributed by atoms with Crippen molar-refractivity contribution in [3.8, 4) is 5.75 Å². The quantitative estimate of drug-likeness (QED) is 0.808. The van der Waals surface area contributed by atoms with Crippen molar-refractivity contribution in [1.82, 2.24) is 0 Å². The van der Waals surface area contributed by atoms with Crippen LogP contribution in [0.5, 0.6) is 5.75 Å². The summed E-state index contributed by atoms with van der Waals surface area (Å²) < 4.78 is 42.8. The molecule has 0 spiro atoms. The van der Waals surface area contributed by atoms with Gasteiger partial charge in [0.1, 0.15) is 11.6 Å². The van der Waals surface area contributed by atoms with Crippen molar-refractivity contribution in [2.24, 2.45) is 5.73 Å². The van der Waals surface area contributed by atoms with Crippen LogP contribution in [0.3, 0.4) is 0 Å². The highest BCUT2D eigenvalue weighted by Gasteiger charge is 2.22. The van der Waals surface area contributed by atoms with E-state index in [2.05, 4.69) is 0 Å². The van der Waals surface area contributed by atoms with Crippen molar-refractivity contribution in [2.75, 3.05) is 13.7 Å². The zero-order chi connectivity index (χ0) is 12.3. The third-order valence-electron chi connectivity index (χ3n) is 2.01. The van der Waals surface area contributed by atoms with Crippen molar-refractivity contribution in [3.63, 3.8) is 0 Å². The van der Waals surface area contributed by atoms with Gasteiger partial charge in [0.15, 0.2) is 5.78 Å². The van der Waals surface area contributed by atoms with Gasteiger partial charge in [0.2, 0.25) is 0 Å². The number of carbonyl (C=O) groups is 1. The second-order valence-electron chi connectivity index (χ2n) is 3.00. The van der Waals surface area contributed by atoms with Crippen LogP contribution in [0.25, 0.3) is 0 Å². The minimum atomic E-state index is -2.92. The Labute approximate surface area is 90.0 Å². The molecule has 0 amide bonds. The zero-order valence-electron chi connectivity index (χ0n) is 8.47. The van der Waals surface area contributed by atoms with E-state index in [-0.39, 0.29) is 11.3 Å². The monoisotopic (exact) mass is 233 g/mol. The van der Waals surface area contributed by atoms with E-state index in [0.29, 0.717) is 6.07 Å². The Hall–Kier alpha value is -1.56. The van der Waals surface area contributed by atoms with Gasteiger partial charge in [-0.3, -0.25) is 4.79 Å². The maximum absolute atomic E-state index is 13.0. The van der Waals surface area contributed by atoms with E-state index in [9.17, 15) is 18.0 Å². The number of Topliss-reactive ketones (excluding diaryl/α,β-unsaturated/α-hetero) is 1. The average molecular weight is 233 g/mol. The summed E-state index contributed by atoms with van der Waals surface area (Å²) in [6.45, 7) is -0.400. The van der Waals surface area contributed by atoms with Gasteiger partial charge < -0.3 is 10.5 Å². The summed E-state index contributed by atoms with van der Waals surface area (Å²) in [5.41, 5.74) is 4.17. The number of hydrogen-bond acceptors (Lipinski definition) is 3. The van der Waals surface area contributed by atoms with Crippen LogP contribution in [0.2, 0.25) is 0 Å². The van der Waals surface area contributed by atoms with Gasteiger partial charge in [0, 0.05) is 0 Å². The number of methoxy groups -OCH3 is 1. The highest BCUT2D eigenvalue weighted by molar-refractivity contribution is 6.00. The Balaban J connectivity index is 3.41. The standard InChI is InChI=1S/C10H10F3NO2/c1-16-9-6(8(15)4-14)2-5(11)3-7(9)10(12)13/h2-3,10H,4,14H2,1H3. The molecule has 0 aliphatic rings. The molecular weight excluding hydrogens is 223 g/mol. The number of benzene rings is 1. The minimum absolute atomic E-state index is 0.264. The number of alkyl halides is 2. The van der Waals surface area contributed by atoms with Gasteiger partial charge in [-0.05, 0) is 12.1 Å². The molecule has 16 heavy (non-hydrogen) atoms. The van der Waals surface area contributed by atoms with Gasteiger partial charge >= 0.3 is 0 Å². The Bertz CT molecular complexity index is 407. The Morgan fingerprint density at radius 2 is 2.12 bits per heavy atom. The lowest BCUT2D eigenvalue weighted by molar-refractivity contribution is 0.0996. The molecule has 2 N–H and O–H groups in total. The Morgan fingerprint density at radius 3 is 2.56 bits per heavy atom. The number of halogens is 3. The third kappa shape index (κ3) is 2.33. The molecule has 1 aromatic carbocycles. The highest BCUT2D eigenvalue weighted by Crippen LogP contribution is 2.33. The predicted octanol–water partition coefficient (Wildman–Crippen LogP) is 1.91. The first-order valence-corrected chi connectivity index (χ1v) is 4.40. The van der Waals surface area contributed by atoms with Crippen molar-refractivity contribution in [1.29, 1.82) is 0 Å². The summed E-state index contributed by atoms with van der Waals surface area (Å²) in [6, 6.07) is 1.47. The third-order valence-corrected chi connectivity index (χ3v) is 2.01. The molecule has 88 valence electrons. The SMILES string of the molecule is COc1c(C(=O)CN)cc(F)cc1C(F)F. The van der Waals surface area contributed by atoms with E-state index in [1.165, 1.54) is 0 Å². The van der Waals surface area contributed by atoms with Gasteiger partial charge in [-0.15, -0.1) is 0 Å². The van der Waals surface area contributed by atoms with Crippen LogP contribution in [0.4, 0.5) is 13.2 Å². The fraction of sp³-hybridized carbons (Fsp3) is 0.300. The molecule has 0 bridgehead atoms. The van der Waals surface area contributed by atoms with E-state index in [0.717, 1.165) is 13.2 Å². The molecule has 0 radical (unpaired) electrons. The Morgan fingerprint density at radius 1 is 1.50 bits per heavy atom. The van der Waals surface area contributed by atoms with Crippen molar-refractivity contribution < 1.29 is 22.7 Å². The molecule has 0 saturated heterocycles. The van der Waals surface area contributed by atoms with Gasteiger partial charge in [0.25, 0.3) is 6.43 Å². The second-order valence-corrected chi connectivity index (χ2v) is 3.00. The van der Waals surface area contributed by atoms with Crippen LogP contribution in [0, 0.1) is 5.82 Å². The fourth-order valence-corrected chi connectivity index (χ4v) is 1.32. The summed E-state index contributed by atoms with van der Waals surface area (Å²) in [7, 11) is 1.13. The minimum Gasteiger partial charge on any atom is -0.495 e. The number of ketones is 1. The predicted molar refractivity (Wildman–Crippen MR) is 51.3 cm³/mol. The lowest BCUT2D eigenvalue weighted by Gasteiger charge is -2.12. The van der Waals surface area contributed by atoms with Gasteiger partial charge in [-0.25, -0.2) is 13.2 Å².